The minimum absolute atomic E-state index is 0.0109. The lowest BCUT2D eigenvalue weighted by Crippen LogP contribution is -2.04. The molecule has 0 heterocycles. The highest BCUT2D eigenvalue weighted by Crippen LogP contribution is 1.85. The first-order valence-corrected chi connectivity index (χ1v) is 4.36. The van der Waals surface area contributed by atoms with E-state index in [4.69, 9.17) is 9.68 Å². The maximum absolute atomic E-state index is 11.3. The molecule has 0 spiro atoms. The van der Waals surface area contributed by atoms with Gasteiger partial charge in [0.15, 0.2) is 0 Å². The molecule has 0 aromatic carbocycles. The zero-order valence-electron chi connectivity index (χ0n) is 8.16. The average molecular weight is 224 g/mol. The zero-order chi connectivity index (χ0) is 11.2. The van der Waals surface area contributed by atoms with Gasteiger partial charge in [-0.1, -0.05) is 10.3 Å². The smallest absolute Gasteiger partial charge is 0.120 e. The van der Waals surface area contributed by atoms with Gasteiger partial charge in [-0.3, -0.25) is 0 Å². The zero-order valence-corrected chi connectivity index (χ0v) is 8.16. The number of hydrogen-bond donors (Lipinski definition) is 2. The molecule has 0 aromatic heterocycles. The summed E-state index contributed by atoms with van der Waals surface area (Å²) in [5, 5.41) is 6.85. The highest BCUT2D eigenvalue weighted by Gasteiger charge is 1.87. The Bertz CT molecular complexity index is 162. The van der Waals surface area contributed by atoms with Gasteiger partial charge in [-0.25, -0.2) is 0 Å². The summed E-state index contributed by atoms with van der Waals surface area (Å²) in [7, 11) is 0. The molecule has 0 unspecified atom stereocenters. The third-order valence-electron chi connectivity index (χ3n) is 1.11. The third-order valence-corrected chi connectivity index (χ3v) is 1.11. The summed E-state index contributed by atoms with van der Waals surface area (Å²) in [6.07, 6.45) is 3.10. The molecule has 0 atom stereocenters. The van der Waals surface area contributed by atoms with E-state index in [1.54, 1.807) is 0 Å². The minimum atomic E-state index is 0.0109. The first-order valence-electron chi connectivity index (χ1n) is 4.36. The van der Waals surface area contributed by atoms with Gasteiger partial charge in [0, 0.05) is 6.42 Å². The molecule has 0 saturated carbocycles. The van der Waals surface area contributed by atoms with Gasteiger partial charge in [-0.15, -0.1) is 8.96 Å². The predicted molar refractivity (Wildman–Crippen MR) is 51.7 cm³/mol. The number of rotatable bonds is 10. The van der Waals surface area contributed by atoms with Crippen molar-refractivity contribution < 1.29 is 18.6 Å². The maximum Gasteiger partial charge on any atom is 0.120 e. The van der Waals surface area contributed by atoms with Crippen molar-refractivity contribution >= 4 is 12.4 Å². The Morgan fingerprint density at radius 3 is 1.80 bits per heavy atom. The molecule has 0 saturated heterocycles. The van der Waals surface area contributed by atoms with Crippen LogP contribution in [0.25, 0.3) is 0 Å². The second kappa shape index (κ2) is 12.7. The maximum atomic E-state index is 11.3. The summed E-state index contributed by atoms with van der Waals surface area (Å²) < 4.78 is 22.6. The first kappa shape index (κ1) is 13.7. The summed E-state index contributed by atoms with van der Waals surface area (Å²) in [6.45, 7) is 0.716. The van der Waals surface area contributed by atoms with Gasteiger partial charge in [-0.2, -0.15) is 11.1 Å². The number of nitrogens with one attached hydrogen (secondary N) is 2. The van der Waals surface area contributed by atoms with Gasteiger partial charge in [0.1, 0.15) is 13.2 Å². The fourth-order valence-corrected chi connectivity index (χ4v) is 0.542. The van der Waals surface area contributed by atoms with Crippen LogP contribution in [0.5, 0.6) is 0 Å². The summed E-state index contributed by atoms with van der Waals surface area (Å²) >= 11 is 0. The Balaban J connectivity index is 3.04. The van der Waals surface area contributed by atoms with Crippen molar-refractivity contribution in [2.24, 2.45) is 10.3 Å². The topological polar surface area (TPSA) is 67.2 Å². The van der Waals surface area contributed by atoms with Crippen LogP contribution < -0.4 is 11.1 Å². The SMILES string of the molecule is FNCC=NOCCCON=CCNF. The third kappa shape index (κ3) is 12.7. The molecule has 0 aromatic rings. The van der Waals surface area contributed by atoms with Crippen LogP contribution in [0.15, 0.2) is 10.3 Å². The number of nitrogens with zero attached hydrogens (tertiary/aromatic N) is 2. The van der Waals surface area contributed by atoms with Gasteiger partial charge in [0.2, 0.25) is 0 Å². The molecule has 0 fully saturated rings. The fourth-order valence-electron chi connectivity index (χ4n) is 0.542. The molecule has 6 nitrogen and oxygen atoms in total. The molecule has 0 rings (SSSR count). The van der Waals surface area contributed by atoms with E-state index in [0.717, 1.165) is 0 Å². The van der Waals surface area contributed by atoms with E-state index >= 15 is 0 Å². The number of oxime groups is 2. The highest BCUT2D eigenvalue weighted by molar-refractivity contribution is 5.58. The Kier molecular flexibility index (Phi) is 11.6. The monoisotopic (exact) mass is 224 g/mol. The number of hydrogen-bond acceptors (Lipinski definition) is 6. The lowest BCUT2D eigenvalue weighted by Gasteiger charge is -1.98. The lowest BCUT2D eigenvalue weighted by molar-refractivity contribution is 0.0906. The molecular formula is C7H14F2N4O2. The molecule has 15 heavy (non-hydrogen) atoms. The van der Waals surface area contributed by atoms with E-state index < -0.39 is 0 Å². The van der Waals surface area contributed by atoms with Crippen LogP contribution >= 0.6 is 0 Å². The number of halogens is 2. The van der Waals surface area contributed by atoms with Crippen LogP contribution in [-0.4, -0.2) is 38.7 Å². The van der Waals surface area contributed by atoms with Crippen molar-refractivity contribution in [1.82, 2.24) is 11.1 Å². The summed E-state index contributed by atoms with van der Waals surface area (Å²) in [5.74, 6) is 0. The molecule has 0 aliphatic carbocycles. The Morgan fingerprint density at radius 1 is 0.933 bits per heavy atom. The summed E-state index contributed by atoms with van der Waals surface area (Å²) in [4.78, 5) is 9.44. The van der Waals surface area contributed by atoms with Gasteiger partial charge < -0.3 is 9.68 Å². The van der Waals surface area contributed by atoms with E-state index in [1.165, 1.54) is 23.5 Å². The molecule has 0 aliphatic rings. The largest absolute Gasteiger partial charge is 0.396 e. The first-order chi connectivity index (χ1) is 7.41. The van der Waals surface area contributed by atoms with E-state index in [-0.39, 0.29) is 13.1 Å². The van der Waals surface area contributed by atoms with E-state index in [0.29, 0.717) is 19.6 Å². The Morgan fingerprint density at radius 2 is 1.40 bits per heavy atom. The van der Waals surface area contributed by atoms with E-state index in [2.05, 4.69) is 10.3 Å². The molecule has 0 amide bonds. The van der Waals surface area contributed by atoms with Crippen LogP contribution in [0.4, 0.5) is 8.96 Å². The average Bonchev–Trinajstić information content (AvgIpc) is 2.26. The quantitative estimate of drug-likeness (QED) is 0.243. The van der Waals surface area contributed by atoms with Gasteiger partial charge >= 0.3 is 0 Å². The highest BCUT2D eigenvalue weighted by atomic mass is 19.2. The van der Waals surface area contributed by atoms with Crippen LogP contribution in [0.2, 0.25) is 0 Å². The molecular weight excluding hydrogens is 210 g/mol. The van der Waals surface area contributed by atoms with Crippen molar-refractivity contribution in [3.05, 3.63) is 0 Å². The van der Waals surface area contributed by atoms with Gasteiger partial charge in [0.25, 0.3) is 0 Å². The standard InChI is InChI=1S/C7H14F2N4O2/c8-10-2-4-12-14-6-1-7-15-13-5-3-11-9/h4-5,10-11H,1-3,6-7H2. The van der Waals surface area contributed by atoms with Crippen molar-refractivity contribution in [2.45, 2.75) is 6.42 Å². The molecule has 0 bridgehead atoms. The van der Waals surface area contributed by atoms with Crippen molar-refractivity contribution in [2.75, 3.05) is 26.3 Å². The van der Waals surface area contributed by atoms with Crippen LogP contribution in [0.1, 0.15) is 6.42 Å². The lowest BCUT2D eigenvalue weighted by atomic mass is 10.5. The minimum Gasteiger partial charge on any atom is -0.396 e. The summed E-state index contributed by atoms with van der Waals surface area (Å²) in [5.41, 5.74) is 2.78. The van der Waals surface area contributed by atoms with Gasteiger partial charge in [0.05, 0.1) is 25.5 Å². The molecule has 0 aliphatic heterocycles. The van der Waals surface area contributed by atoms with Crippen LogP contribution in [0, 0.1) is 0 Å². The van der Waals surface area contributed by atoms with Crippen LogP contribution in [0.3, 0.4) is 0 Å². The molecule has 0 radical (unpaired) electrons. The molecule has 88 valence electrons. The molecule has 8 heteroatoms. The fraction of sp³-hybridized carbons (Fsp3) is 0.714. The van der Waals surface area contributed by atoms with Crippen molar-refractivity contribution in [3.63, 3.8) is 0 Å². The van der Waals surface area contributed by atoms with E-state index in [9.17, 15) is 8.96 Å². The van der Waals surface area contributed by atoms with Crippen molar-refractivity contribution in [1.29, 1.82) is 0 Å². The summed E-state index contributed by atoms with van der Waals surface area (Å²) in [6, 6.07) is 0. The van der Waals surface area contributed by atoms with E-state index in [1.807, 2.05) is 0 Å². The Labute approximate surface area is 86.2 Å². The normalized spacial score (nSPS) is 11.3. The van der Waals surface area contributed by atoms with Crippen LogP contribution in [-0.2, 0) is 9.68 Å². The second-order valence-electron chi connectivity index (χ2n) is 2.27. The predicted octanol–water partition coefficient (Wildman–Crippen LogP) is 0.329. The molecule has 2 N–H and O–H groups in total. The second-order valence-corrected chi connectivity index (χ2v) is 2.27. The van der Waals surface area contributed by atoms with Crippen molar-refractivity contribution in [3.8, 4) is 0 Å². The van der Waals surface area contributed by atoms with Gasteiger partial charge in [-0.05, 0) is 0 Å². The Hall–Kier alpha value is -1.28.